The third-order valence-electron chi connectivity index (χ3n) is 26.4. The Kier molecular flexibility index (Phi) is 18.2. The van der Waals surface area contributed by atoms with Gasteiger partial charge in [-0.2, -0.15) is 0 Å². The molecule has 2 aromatic heterocycles. The molecule has 26 rings (SSSR count). The Bertz CT molecular complexity index is 8060. The van der Waals surface area contributed by atoms with Crippen LogP contribution in [0.5, 0.6) is 0 Å². The van der Waals surface area contributed by atoms with Gasteiger partial charge in [-0.15, -0.1) is 11.3 Å². The summed E-state index contributed by atoms with van der Waals surface area (Å²) in [7, 11) is 0. The minimum atomic E-state index is -0.408. The predicted octanol–water partition coefficient (Wildman–Crippen LogP) is 33.4. The number of para-hydroxylation sites is 2. The molecule has 0 amide bonds. The van der Waals surface area contributed by atoms with Crippen LogP contribution in [-0.2, 0) is 10.8 Å². The maximum Gasteiger partial charge on any atom is 0.143 e. The van der Waals surface area contributed by atoms with E-state index in [2.05, 4.69) is 477 Å². The Hall–Kier alpha value is -16.2. The summed E-state index contributed by atoms with van der Waals surface area (Å²) in [4.78, 5) is 0. The van der Waals surface area contributed by atoms with Gasteiger partial charge in [-0.25, -0.2) is 0 Å². The van der Waals surface area contributed by atoms with Crippen molar-refractivity contribution in [1.82, 2.24) is 0 Å². The SMILES string of the molecule is c1ccc(-c2cc(Nc3ccc(-c4ccc5c(c4)C4(c6ccccc6-c6ccccc64)c4ccccc4-5)cc3)ccc2-c2ccc3sc4ccccc4c3c2)cc1.c1ccc(C2(c3ccc(Nc4cc(-c5cccc6c5oc5ccccc56)c5ccccc5c4)cc3)c3ccccc3-c3ccccc32)cc1.c1ccc2cc(Nc3ccc4ccccc4c3)ccc2c1. The summed E-state index contributed by atoms with van der Waals surface area (Å²) >= 11 is 1.86. The van der Waals surface area contributed by atoms with E-state index < -0.39 is 5.41 Å². The van der Waals surface area contributed by atoms with Crippen molar-refractivity contribution in [3.63, 3.8) is 0 Å². The van der Waals surface area contributed by atoms with Gasteiger partial charge in [0.1, 0.15) is 11.2 Å². The van der Waals surface area contributed by atoms with Crippen molar-refractivity contribution < 1.29 is 4.42 Å². The van der Waals surface area contributed by atoms with E-state index in [0.717, 1.165) is 67.2 Å². The van der Waals surface area contributed by atoms with Crippen molar-refractivity contribution in [2.75, 3.05) is 16.0 Å². The fourth-order valence-corrected chi connectivity index (χ4v) is 21.8. The molecule has 0 bridgehead atoms. The molecule has 5 heteroatoms. The van der Waals surface area contributed by atoms with Crippen LogP contribution >= 0.6 is 11.3 Å². The third-order valence-corrected chi connectivity index (χ3v) is 27.6. The third kappa shape index (κ3) is 12.7. The van der Waals surface area contributed by atoms with Crippen LogP contribution in [0.2, 0.25) is 0 Å². The Morgan fingerprint density at radius 1 is 0.181 bits per heavy atom. The molecule has 0 aliphatic heterocycles. The number of fused-ring (bicyclic) bond motifs is 22. The Morgan fingerprint density at radius 2 is 0.591 bits per heavy atom. The fraction of sp³-hybridized carbons (Fsp3) is 0.0164. The van der Waals surface area contributed by atoms with Crippen LogP contribution in [0.4, 0.5) is 34.1 Å². The lowest BCUT2D eigenvalue weighted by Crippen LogP contribution is -2.28. The summed E-state index contributed by atoms with van der Waals surface area (Å²) in [6.45, 7) is 0. The minimum absolute atomic E-state index is 0.345. The van der Waals surface area contributed by atoms with Gasteiger partial charge in [-0.1, -0.05) is 370 Å². The quantitative estimate of drug-likeness (QED) is 0.114. The van der Waals surface area contributed by atoms with Gasteiger partial charge in [0.15, 0.2) is 0 Å². The molecule has 127 heavy (non-hydrogen) atoms. The largest absolute Gasteiger partial charge is 0.455 e. The van der Waals surface area contributed by atoms with Crippen molar-refractivity contribution in [2.24, 2.45) is 0 Å². The Labute approximate surface area is 741 Å². The fourth-order valence-electron chi connectivity index (χ4n) is 20.8. The lowest BCUT2D eigenvalue weighted by atomic mass is 9.68. The summed E-state index contributed by atoms with van der Waals surface area (Å²) in [5, 5.41) is 23.3. The van der Waals surface area contributed by atoms with Gasteiger partial charge in [0.05, 0.1) is 10.8 Å². The summed E-state index contributed by atoms with van der Waals surface area (Å²) in [6, 6.07) is 172. The summed E-state index contributed by atoms with van der Waals surface area (Å²) in [6.07, 6.45) is 0. The highest BCUT2D eigenvalue weighted by molar-refractivity contribution is 7.25. The Balaban J connectivity index is 0.000000116. The number of furan rings is 1. The van der Waals surface area contributed by atoms with Gasteiger partial charge >= 0.3 is 0 Å². The van der Waals surface area contributed by atoms with E-state index in [0.29, 0.717) is 0 Å². The Morgan fingerprint density at radius 3 is 1.22 bits per heavy atom. The lowest BCUT2D eigenvalue weighted by molar-refractivity contribution is 0.670. The molecule has 0 unspecified atom stereocenters. The highest BCUT2D eigenvalue weighted by Gasteiger charge is 2.52. The van der Waals surface area contributed by atoms with E-state index in [1.807, 2.05) is 23.5 Å². The molecule has 2 heterocycles. The van der Waals surface area contributed by atoms with Gasteiger partial charge in [0.2, 0.25) is 0 Å². The molecule has 23 aromatic rings. The van der Waals surface area contributed by atoms with Crippen LogP contribution in [0.1, 0.15) is 44.5 Å². The van der Waals surface area contributed by atoms with Crippen molar-refractivity contribution in [3.8, 4) is 77.9 Å². The zero-order valence-electron chi connectivity index (χ0n) is 69.3. The van der Waals surface area contributed by atoms with Crippen LogP contribution in [-0.4, -0.2) is 0 Å². The first kappa shape index (κ1) is 74.6. The molecule has 3 aliphatic carbocycles. The van der Waals surface area contributed by atoms with E-state index in [4.69, 9.17) is 4.42 Å². The van der Waals surface area contributed by atoms with E-state index in [1.54, 1.807) is 0 Å². The van der Waals surface area contributed by atoms with Crippen LogP contribution in [0.25, 0.3) is 152 Å². The van der Waals surface area contributed by atoms with Gasteiger partial charge in [-0.05, 0) is 252 Å². The number of hydrogen-bond donors (Lipinski definition) is 3. The number of nitrogens with one attached hydrogen (secondary N) is 3. The molecule has 21 aromatic carbocycles. The smallest absolute Gasteiger partial charge is 0.143 e. The normalized spacial score (nSPS) is 12.7. The molecule has 0 saturated heterocycles. The van der Waals surface area contributed by atoms with E-state index in [1.165, 1.54) is 164 Å². The average Bonchev–Trinajstić information content (AvgIpc) is 1.51. The topological polar surface area (TPSA) is 49.2 Å². The molecule has 596 valence electrons. The average molecular weight is 1640 g/mol. The van der Waals surface area contributed by atoms with Crippen molar-refractivity contribution in [2.45, 2.75) is 10.8 Å². The molecular weight excluding hydrogens is 1560 g/mol. The molecule has 4 nitrogen and oxygen atoms in total. The summed E-state index contributed by atoms with van der Waals surface area (Å²) in [5.74, 6) is 0. The lowest BCUT2D eigenvalue weighted by Gasteiger charge is -2.34. The van der Waals surface area contributed by atoms with E-state index in [9.17, 15) is 0 Å². The van der Waals surface area contributed by atoms with Gasteiger partial charge in [0, 0.05) is 70.6 Å². The van der Waals surface area contributed by atoms with Crippen LogP contribution in [0.15, 0.2) is 478 Å². The van der Waals surface area contributed by atoms with E-state index >= 15 is 0 Å². The summed E-state index contributed by atoms with van der Waals surface area (Å²) in [5.41, 5.74) is 35.5. The van der Waals surface area contributed by atoms with Gasteiger partial charge < -0.3 is 20.4 Å². The number of anilines is 6. The first-order valence-electron chi connectivity index (χ1n) is 43.6. The highest BCUT2D eigenvalue weighted by atomic mass is 32.1. The standard InChI is InChI=1S/C55H35NS.C47H31NO.C20H15N/c1-2-12-36(13-3-1)47-34-40(28-30-41(47)38-25-31-54-48(32-38)46-17-7-11-21-53(46)57-54)56-39-26-22-35(23-27-39)37-24-29-45-44-16-6-10-20-51(44)55(52(45)33-37)49-18-8-4-14-42(49)43-15-5-9-19-50(43)55;1-2-14-32(15-3-1)47(43-22-9-6-17-37(43)38-18-7-10-23-44(38)47)33-25-27-34(28-26-33)48-35-29-31-13-4-5-16-36(31)42(30-35)41-21-12-20-40-39-19-8-11-24-45(39)49-46(40)41;1-3-7-17-13-19(11-9-15(17)5-1)21-20-12-10-16-6-2-4-8-18(16)14-20/h1-34,56H;1-30,48H;1-14,21H. The van der Waals surface area contributed by atoms with Crippen molar-refractivity contribution >= 4 is 120 Å². The van der Waals surface area contributed by atoms with Gasteiger partial charge in [0.25, 0.3) is 0 Å². The van der Waals surface area contributed by atoms with Gasteiger partial charge in [-0.3, -0.25) is 0 Å². The molecule has 0 atom stereocenters. The number of benzene rings is 21. The monoisotopic (exact) mass is 1640 g/mol. The first-order chi connectivity index (χ1) is 62.9. The molecule has 3 N–H and O–H groups in total. The maximum absolute atomic E-state index is 6.48. The highest BCUT2D eigenvalue weighted by Crippen LogP contribution is 2.64. The van der Waals surface area contributed by atoms with Crippen molar-refractivity contribution in [3.05, 3.63) is 518 Å². The number of hydrogen-bond acceptors (Lipinski definition) is 5. The van der Waals surface area contributed by atoms with Crippen molar-refractivity contribution in [1.29, 1.82) is 0 Å². The molecule has 1 spiro atoms. The maximum atomic E-state index is 6.48. The van der Waals surface area contributed by atoms with E-state index in [-0.39, 0.29) is 5.41 Å². The molecule has 0 saturated carbocycles. The second-order valence-corrected chi connectivity index (χ2v) is 34.6. The molecule has 0 fully saturated rings. The predicted molar refractivity (Wildman–Crippen MR) is 537 cm³/mol. The molecular formula is C122H81N3OS. The second-order valence-electron chi connectivity index (χ2n) is 33.5. The number of thiophene rings is 1. The van der Waals surface area contributed by atoms with Crippen LogP contribution in [0.3, 0.4) is 0 Å². The van der Waals surface area contributed by atoms with Crippen LogP contribution < -0.4 is 16.0 Å². The molecule has 0 radical (unpaired) electrons. The zero-order chi connectivity index (χ0) is 83.9. The first-order valence-corrected chi connectivity index (χ1v) is 44.5. The molecule has 3 aliphatic rings. The number of rotatable bonds is 12. The minimum Gasteiger partial charge on any atom is -0.455 e. The zero-order valence-corrected chi connectivity index (χ0v) is 70.2. The van der Waals surface area contributed by atoms with Crippen LogP contribution in [0, 0.1) is 0 Å². The second kappa shape index (κ2) is 31.0. The summed E-state index contributed by atoms with van der Waals surface area (Å²) < 4.78 is 9.13.